The van der Waals surface area contributed by atoms with Crippen LogP contribution in [-0.2, 0) is 23.0 Å². The van der Waals surface area contributed by atoms with E-state index in [2.05, 4.69) is 34.1 Å². The summed E-state index contributed by atoms with van der Waals surface area (Å²) in [5, 5.41) is 2.92. The number of benzene rings is 2. The highest BCUT2D eigenvalue weighted by Crippen LogP contribution is 2.26. The predicted octanol–water partition coefficient (Wildman–Crippen LogP) is 3.15. The Morgan fingerprint density at radius 2 is 2.00 bits per heavy atom. The third-order valence-corrected chi connectivity index (χ3v) is 6.31. The molecule has 6 nitrogen and oxygen atoms in total. The number of sulfonamides is 1. The summed E-state index contributed by atoms with van der Waals surface area (Å²) in [5.41, 5.74) is 4.45. The molecule has 0 fully saturated rings. The van der Waals surface area contributed by atoms with Gasteiger partial charge in [-0.1, -0.05) is 25.1 Å². The zero-order valence-corrected chi connectivity index (χ0v) is 17.2. The number of anilines is 2. The fourth-order valence-corrected chi connectivity index (χ4v) is 4.58. The van der Waals surface area contributed by atoms with Gasteiger partial charge in [0.1, 0.15) is 0 Å². The maximum Gasteiger partial charge on any atom is 0.251 e. The lowest BCUT2D eigenvalue weighted by Gasteiger charge is -2.27. The molecule has 0 saturated carbocycles. The molecule has 0 spiro atoms. The molecular weight excluding hydrogens is 374 g/mol. The van der Waals surface area contributed by atoms with Gasteiger partial charge in [-0.05, 0) is 54.7 Å². The zero-order chi connectivity index (χ0) is 20.1. The van der Waals surface area contributed by atoms with E-state index in [4.69, 9.17) is 0 Å². The van der Waals surface area contributed by atoms with Crippen molar-refractivity contribution in [2.45, 2.75) is 32.7 Å². The van der Waals surface area contributed by atoms with Crippen molar-refractivity contribution < 1.29 is 13.2 Å². The Hall–Kier alpha value is -2.54. The highest BCUT2D eigenvalue weighted by molar-refractivity contribution is 7.92. The Bertz CT molecular complexity index is 957. The molecule has 1 heterocycles. The Labute approximate surface area is 167 Å². The lowest BCUT2D eigenvalue weighted by Crippen LogP contribution is -2.26. The second-order valence-corrected chi connectivity index (χ2v) is 9.01. The van der Waals surface area contributed by atoms with Crippen molar-refractivity contribution in [2.75, 3.05) is 29.0 Å². The zero-order valence-electron chi connectivity index (χ0n) is 16.4. The minimum Gasteiger partial charge on any atom is -0.374 e. The van der Waals surface area contributed by atoms with E-state index in [0.717, 1.165) is 24.9 Å². The minimum atomic E-state index is -3.38. The van der Waals surface area contributed by atoms with Crippen molar-refractivity contribution in [3.63, 3.8) is 0 Å². The standard InChI is InChI=1S/C21H27N3O3S/c1-3-12-28(26,27)23-19-8-4-6-18(14-19)21(25)22-15-16-9-10-20-17(13-16)7-5-11-24(20)2/h4,6,8-10,13-14,23H,3,5,7,11-12,15H2,1-2H3,(H,22,25). The molecule has 2 aromatic rings. The Kier molecular flexibility index (Phi) is 6.24. The third-order valence-electron chi connectivity index (χ3n) is 4.82. The van der Waals surface area contributed by atoms with Crippen LogP contribution in [0.1, 0.15) is 41.3 Å². The van der Waals surface area contributed by atoms with E-state index in [1.807, 2.05) is 13.0 Å². The summed E-state index contributed by atoms with van der Waals surface area (Å²) >= 11 is 0. The molecule has 28 heavy (non-hydrogen) atoms. The molecule has 0 radical (unpaired) electrons. The molecule has 1 amide bonds. The number of amides is 1. The van der Waals surface area contributed by atoms with Crippen LogP contribution in [0.5, 0.6) is 0 Å². The summed E-state index contributed by atoms with van der Waals surface area (Å²) in [4.78, 5) is 14.8. The van der Waals surface area contributed by atoms with Crippen molar-refractivity contribution in [2.24, 2.45) is 0 Å². The van der Waals surface area contributed by atoms with E-state index in [-0.39, 0.29) is 11.7 Å². The fraction of sp³-hybridized carbons (Fsp3) is 0.381. The minimum absolute atomic E-state index is 0.0525. The summed E-state index contributed by atoms with van der Waals surface area (Å²) in [6, 6.07) is 12.9. The molecule has 0 aromatic heterocycles. The first-order valence-electron chi connectivity index (χ1n) is 9.59. The van der Waals surface area contributed by atoms with Crippen LogP contribution in [0.4, 0.5) is 11.4 Å². The number of hydrogen-bond acceptors (Lipinski definition) is 4. The van der Waals surface area contributed by atoms with Crippen molar-refractivity contribution in [1.82, 2.24) is 5.32 Å². The molecule has 0 bridgehead atoms. The third kappa shape index (κ3) is 5.04. The average molecular weight is 402 g/mol. The highest BCUT2D eigenvalue weighted by atomic mass is 32.2. The molecule has 1 aliphatic heterocycles. The van der Waals surface area contributed by atoms with Gasteiger partial charge in [-0.15, -0.1) is 0 Å². The van der Waals surface area contributed by atoms with Crippen molar-refractivity contribution >= 4 is 27.3 Å². The maximum atomic E-state index is 12.5. The van der Waals surface area contributed by atoms with Crippen LogP contribution in [0, 0.1) is 0 Å². The molecule has 0 atom stereocenters. The lowest BCUT2D eigenvalue weighted by molar-refractivity contribution is 0.0951. The SMILES string of the molecule is CCCS(=O)(=O)Nc1cccc(C(=O)NCc2ccc3c(c2)CCCN3C)c1. The molecular formula is C21H27N3O3S. The van der Waals surface area contributed by atoms with Crippen LogP contribution in [0.2, 0.25) is 0 Å². The summed E-state index contributed by atoms with van der Waals surface area (Å²) < 4.78 is 26.3. The molecule has 150 valence electrons. The van der Waals surface area contributed by atoms with E-state index in [0.29, 0.717) is 24.2 Å². The van der Waals surface area contributed by atoms with E-state index < -0.39 is 10.0 Å². The summed E-state index contributed by atoms with van der Waals surface area (Å²) in [5.74, 6) is -0.178. The van der Waals surface area contributed by atoms with Gasteiger partial charge in [-0.25, -0.2) is 8.42 Å². The summed E-state index contributed by atoms with van der Waals surface area (Å²) in [6.07, 6.45) is 2.73. The lowest BCUT2D eigenvalue weighted by atomic mass is 9.99. The Balaban J connectivity index is 1.65. The molecule has 2 aromatic carbocycles. The van der Waals surface area contributed by atoms with Crippen molar-refractivity contribution in [1.29, 1.82) is 0 Å². The van der Waals surface area contributed by atoms with Crippen LogP contribution in [0.15, 0.2) is 42.5 Å². The van der Waals surface area contributed by atoms with E-state index in [1.54, 1.807) is 24.3 Å². The van der Waals surface area contributed by atoms with Crippen molar-refractivity contribution in [3.05, 3.63) is 59.2 Å². The number of aryl methyl sites for hydroxylation is 1. The van der Waals surface area contributed by atoms with Crippen LogP contribution >= 0.6 is 0 Å². The maximum absolute atomic E-state index is 12.5. The van der Waals surface area contributed by atoms with Crippen LogP contribution < -0.4 is 14.9 Å². The Morgan fingerprint density at radius 1 is 1.18 bits per heavy atom. The normalized spacial score (nSPS) is 13.7. The van der Waals surface area contributed by atoms with Gasteiger partial charge in [-0.3, -0.25) is 9.52 Å². The largest absolute Gasteiger partial charge is 0.374 e. The van der Waals surface area contributed by atoms with E-state index in [1.165, 1.54) is 11.3 Å². The first kappa shape index (κ1) is 20.2. The quantitative estimate of drug-likeness (QED) is 0.747. The Morgan fingerprint density at radius 3 is 2.79 bits per heavy atom. The number of rotatable bonds is 7. The van der Waals surface area contributed by atoms with Gasteiger partial charge in [0.25, 0.3) is 5.91 Å². The van der Waals surface area contributed by atoms with Gasteiger partial charge >= 0.3 is 0 Å². The van der Waals surface area contributed by atoms with Crippen LogP contribution in [-0.4, -0.2) is 33.7 Å². The number of carbonyl (C=O) groups is 1. The summed E-state index contributed by atoms with van der Waals surface area (Å²) in [7, 11) is -1.28. The van der Waals surface area contributed by atoms with Gasteiger partial charge in [-0.2, -0.15) is 0 Å². The van der Waals surface area contributed by atoms with Gasteiger partial charge in [0, 0.05) is 37.1 Å². The molecule has 0 saturated heterocycles. The van der Waals surface area contributed by atoms with Crippen LogP contribution in [0.3, 0.4) is 0 Å². The van der Waals surface area contributed by atoms with Crippen molar-refractivity contribution in [3.8, 4) is 0 Å². The number of hydrogen-bond donors (Lipinski definition) is 2. The first-order chi connectivity index (χ1) is 13.4. The number of fused-ring (bicyclic) bond motifs is 1. The smallest absolute Gasteiger partial charge is 0.251 e. The van der Waals surface area contributed by atoms with E-state index in [9.17, 15) is 13.2 Å². The molecule has 2 N–H and O–H groups in total. The number of nitrogens with zero attached hydrogens (tertiary/aromatic N) is 1. The first-order valence-corrected chi connectivity index (χ1v) is 11.2. The van der Waals surface area contributed by atoms with Gasteiger partial charge in [0.15, 0.2) is 0 Å². The fourth-order valence-electron chi connectivity index (χ4n) is 3.46. The van der Waals surface area contributed by atoms with Gasteiger partial charge in [0.2, 0.25) is 10.0 Å². The highest BCUT2D eigenvalue weighted by Gasteiger charge is 2.14. The predicted molar refractivity (Wildman–Crippen MR) is 113 cm³/mol. The van der Waals surface area contributed by atoms with E-state index >= 15 is 0 Å². The molecule has 0 aliphatic carbocycles. The molecule has 7 heteroatoms. The summed E-state index contributed by atoms with van der Waals surface area (Å²) in [6.45, 7) is 3.31. The topological polar surface area (TPSA) is 78.5 Å². The second kappa shape index (κ2) is 8.65. The molecule has 0 unspecified atom stereocenters. The van der Waals surface area contributed by atoms with Crippen LogP contribution in [0.25, 0.3) is 0 Å². The second-order valence-electron chi connectivity index (χ2n) is 7.17. The monoisotopic (exact) mass is 401 g/mol. The van der Waals surface area contributed by atoms with Gasteiger partial charge in [0.05, 0.1) is 5.75 Å². The molecule has 3 rings (SSSR count). The number of carbonyl (C=O) groups excluding carboxylic acids is 1. The average Bonchev–Trinajstić information content (AvgIpc) is 2.66. The molecule has 1 aliphatic rings. The van der Waals surface area contributed by atoms with Gasteiger partial charge < -0.3 is 10.2 Å². The number of nitrogens with one attached hydrogen (secondary N) is 2.